The smallest absolute Gasteiger partial charge is 0.326 e. The van der Waals surface area contributed by atoms with Gasteiger partial charge in [-0.2, -0.15) is 0 Å². The van der Waals surface area contributed by atoms with E-state index in [0.29, 0.717) is 5.69 Å². The molecule has 0 aliphatic carbocycles. The Morgan fingerprint density at radius 1 is 1.25 bits per heavy atom. The molecule has 1 atom stereocenters. The van der Waals surface area contributed by atoms with E-state index in [0.717, 1.165) is 4.47 Å². The third-order valence-electron chi connectivity index (χ3n) is 2.38. The monoisotopic (exact) mass is 343 g/mol. The third-order valence-corrected chi connectivity index (χ3v) is 2.91. The van der Waals surface area contributed by atoms with E-state index in [2.05, 4.69) is 26.6 Å². The molecule has 8 heteroatoms. The molecule has 0 saturated carbocycles. The number of aliphatic carboxylic acids is 1. The van der Waals surface area contributed by atoms with Gasteiger partial charge >= 0.3 is 12.0 Å². The summed E-state index contributed by atoms with van der Waals surface area (Å²) in [5.41, 5.74) is 5.46. The second-order valence-electron chi connectivity index (χ2n) is 4.00. The van der Waals surface area contributed by atoms with Crippen molar-refractivity contribution in [1.29, 1.82) is 0 Å². The predicted octanol–water partition coefficient (Wildman–Crippen LogP) is 1.29. The van der Waals surface area contributed by atoms with Crippen LogP contribution in [0, 0.1) is 0 Å². The highest BCUT2D eigenvalue weighted by Crippen LogP contribution is 2.13. The van der Waals surface area contributed by atoms with Gasteiger partial charge in [-0.3, -0.25) is 4.79 Å². The normalized spacial score (nSPS) is 11.4. The number of carbonyl (C=O) groups is 3. The number of halogens is 1. The average Bonchev–Trinajstić information content (AvgIpc) is 2.36. The molecule has 1 aromatic carbocycles. The van der Waals surface area contributed by atoms with Gasteiger partial charge in [-0.15, -0.1) is 0 Å². The highest BCUT2D eigenvalue weighted by Gasteiger charge is 2.20. The van der Waals surface area contributed by atoms with Crippen LogP contribution in [-0.4, -0.2) is 29.1 Å². The van der Waals surface area contributed by atoms with Crippen LogP contribution in [0.3, 0.4) is 0 Å². The summed E-state index contributed by atoms with van der Waals surface area (Å²) in [4.78, 5) is 33.2. The lowest BCUT2D eigenvalue weighted by molar-refractivity contribution is -0.139. The Morgan fingerprint density at radius 2 is 1.85 bits per heavy atom. The van der Waals surface area contributed by atoms with Gasteiger partial charge in [0, 0.05) is 16.6 Å². The molecule has 1 unspecified atom stereocenters. The van der Waals surface area contributed by atoms with Crippen LogP contribution in [0.2, 0.25) is 0 Å². The summed E-state index contributed by atoms with van der Waals surface area (Å²) in [7, 11) is 0. The van der Waals surface area contributed by atoms with Crippen molar-refractivity contribution in [2.75, 3.05) is 5.32 Å². The molecule has 7 nitrogen and oxygen atoms in total. The number of urea groups is 1. The number of primary amides is 1. The number of hydrogen-bond donors (Lipinski definition) is 4. The number of carboxylic acid groups (broad SMARTS) is 1. The number of anilines is 1. The molecule has 20 heavy (non-hydrogen) atoms. The summed E-state index contributed by atoms with van der Waals surface area (Å²) in [5, 5.41) is 13.7. The Bertz CT molecular complexity index is 504. The number of hydrogen-bond acceptors (Lipinski definition) is 3. The quantitative estimate of drug-likeness (QED) is 0.621. The lowest BCUT2D eigenvalue weighted by atomic mass is 10.1. The molecular weight excluding hydrogens is 330 g/mol. The van der Waals surface area contributed by atoms with E-state index >= 15 is 0 Å². The van der Waals surface area contributed by atoms with Crippen molar-refractivity contribution in [2.24, 2.45) is 5.73 Å². The average molecular weight is 344 g/mol. The molecule has 1 rings (SSSR count). The molecule has 0 fully saturated rings. The SMILES string of the molecule is NC(=O)CCC(NC(=O)Nc1ccc(Br)cc1)C(=O)O. The van der Waals surface area contributed by atoms with Crippen molar-refractivity contribution in [3.05, 3.63) is 28.7 Å². The van der Waals surface area contributed by atoms with Crippen molar-refractivity contribution in [2.45, 2.75) is 18.9 Å². The van der Waals surface area contributed by atoms with Crippen LogP contribution in [-0.2, 0) is 9.59 Å². The second kappa shape index (κ2) is 7.49. The van der Waals surface area contributed by atoms with Crippen LogP contribution in [0.25, 0.3) is 0 Å². The predicted molar refractivity (Wildman–Crippen MR) is 76.1 cm³/mol. The van der Waals surface area contributed by atoms with E-state index < -0.39 is 23.9 Å². The van der Waals surface area contributed by atoms with Gasteiger partial charge in [-0.1, -0.05) is 15.9 Å². The van der Waals surface area contributed by atoms with E-state index in [1.54, 1.807) is 24.3 Å². The molecule has 0 radical (unpaired) electrons. The lowest BCUT2D eigenvalue weighted by Crippen LogP contribution is -2.43. The molecule has 3 amide bonds. The van der Waals surface area contributed by atoms with Crippen LogP contribution in [0.15, 0.2) is 28.7 Å². The molecule has 0 spiro atoms. The zero-order valence-corrected chi connectivity index (χ0v) is 12.0. The maximum absolute atomic E-state index is 11.6. The highest BCUT2D eigenvalue weighted by molar-refractivity contribution is 9.10. The van der Waals surface area contributed by atoms with Crippen LogP contribution in [0.1, 0.15) is 12.8 Å². The minimum atomic E-state index is -1.22. The number of nitrogens with one attached hydrogen (secondary N) is 2. The van der Waals surface area contributed by atoms with E-state index in [4.69, 9.17) is 10.8 Å². The largest absolute Gasteiger partial charge is 0.480 e. The van der Waals surface area contributed by atoms with Crippen molar-refractivity contribution >= 4 is 39.5 Å². The second-order valence-corrected chi connectivity index (χ2v) is 4.92. The summed E-state index contributed by atoms with van der Waals surface area (Å²) < 4.78 is 0.855. The number of nitrogens with two attached hydrogens (primary N) is 1. The Balaban J connectivity index is 2.55. The van der Waals surface area contributed by atoms with Crippen molar-refractivity contribution in [3.8, 4) is 0 Å². The summed E-state index contributed by atoms with van der Waals surface area (Å²) >= 11 is 3.26. The van der Waals surface area contributed by atoms with Gasteiger partial charge < -0.3 is 21.5 Å². The van der Waals surface area contributed by atoms with E-state index in [-0.39, 0.29) is 12.8 Å². The van der Waals surface area contributed by atoms with Gasteiger partial charge in [0.15, 0.2) is 0 Å². The first kappa shape index (κ1) is 16.0. The Kier molecular flexibility index (Phi) is 5.98. The number of benzene rings is 1. The topological polar surface area (TPSA) is 122 Å². The summed E-state index contributed by atoms with van der Waals surface area (Å²) in [6, 6.07) is 4.95. The van der Waals surface area contributed by atoms with Crippen LogP contribution in [0.5, 0.6) is 0 Å². The number of amides is 3. The van der Waals surface area contributed by atoms with Crippen molar-refractivity contribution in [3.63, 3.8) is 0 Å². The van der Waals surface area contributed by atoms with Crippen LogP contribution >= 0.6 is 15.9 Å². The molecule has 1 aromatic rings. The standard InChI is InChI=1S/C12H14BrN3O4/c13-7-1-3-8(4-2-7)15-12(20)16-9(11(18)19)5-6-10(14)17/h1-4,9H,5-6H2,(H2,14,17)(H,18,19)(H2,15,16,20). The van der Waals surface area contributed by atoms with E-state index in [9.17, 15) is 14.4 Å². The van der Waals surface area contributed by atoms with Gasteiger partial charge in [0.1, 0.15) is 6.04 Å². The number of rotatable bonds is 6. The fourth-order valence-electron chi connectivity index (χ4n) is 1.40. The highest BCUT2D eigenvalue weighted by atomic mass is 79.9. The molecule has 0 saturated heterocycles. The Hall–Kier alpha value is -2.09. The lowest BCUT2D eigenvalue weighted by Gasteiger charge is -2.14. The number of carbonyl (C=O) groups excluding carboxylic acids is 2. The molecule has 5 N–H and O–H groups in total. The Labute approximate surface area is 123 Å². The van der Waals surface area contributed by atoms with Gasteiger partial charge in [-0.25, -0.2) is 9.59 Å². The first-order valence-electron chi connectivity index (χ1n) is 5.72. The minimum absolute atomic E-state index is 0.0571. The van der Waals surface area contributed by atoms with Gasteiger partial charge in [0.2, 0.25) is 5.91 Å². The van der Waals surface area contributed by atoms with Crippen LogP contribution in [0.4, 0.5) is 10.5 Å². The van der Waals surface area contributed by atoms with Gasteiger partial charge in [0.25, 0.3) is 0 Å². The van der Waals surface area contributed by atoms with E-state index in [1.165, 1.54) is 0 Å². The van der Waals surface area contributed by atoms with Crippen molar-refractivity contribution in [1.82, 2.24) is 5.32 Å². The molecule has 108 valence electrons. The summed E-state index contributed by atoms with van der Waals surface area (Å²) in [5.74, 6) is -1.84. The minimum Gasteiger partial charge on any atom is -0.480 e. The van der Waals surface area contributed by atoms with E-state index in [1.807, 2.05) is 0 Å². The number of carboxylic acids is 1. The summed E-state index contributed by atoms with van der Waals surface area (Å²) in [6.45, 7) is 0. The molecular formula is C12H14BrN3O4. The summed E-state index contributed by atoms with van der Waals surface area (Å²) in [6.07, 6.45) is -0.173. The Morgan fingerprint density at radius 3 is 2.35 bits per heavy atom. The first-order valence-corrected chi connectivity index (χ1v) is 6.52. The fraction of sp³-hybridized carbons (Fsp3) is 0.250. The molecule has 0 bridgehead atoms. The zero-order valence-electron chi connectivity index (χ0n) is 10.4. The van der Waals surface area contributed by atoms with Gasteiger partial charge in [0.05, 0.1) is 0 Å². The molecule has 0 aliphatic heterocycles. The first-order chi connectivity index (χ1) is 9.38. The third kappa shape index (κ3) is 5.70. The zero-order chi connectivity index (χ0) is 15.1. The molecule has 0 aliphatic rings. The maximum atomic E-state index is 11.6. The molecule has 0 aromatic heterocycles. The fourth-order valence-corrected chi connectivity index (χ4v) is 1.67. The van der Waals surface area contributed by atoms with Crippen LogP contribution < -0.4 is 16.4 Å². The van der Waals surface area contributed by atoms with Gasteiger partial charge in [-0.05, 0) is 30.7 Å². The maximum Gasteiger partial charge on any atom is 0.326 e. The van der Waals surface area contributed by atoms with Crippen molar-refractivity contribution < 1.29 is 19.5 Å². The molecule has 0 heterocycles.